The van der Waals surface area contributed by atoms with Crippen molar-refractivity contribution in [1.29, 1.82) is 0 Å². The average Bonchev–Trinajstić information content (AvgIpc) is 2.96. The zero-order valence-corrected chi connectivity index (χ0v) is 8.70. The number of methoxy groups -OCH3 is 1. The van der Waals surface area contributed by atoms with Gasteiger partial charge in [0.1, 0.15) is 0 Å². The van der Waals surface area contributed by atoms with Gasteiger partial charge in [-0.25, -0.2) is 4.39 Å². The van der Waals surface area contributed by atoms with Crippen LogP contribution >= 0.6 is 0 Å². The first-order valence-corrected chi connectivity index (χ1v) is 4.79. The van der Waals surface area contributed by atoms with Gasteiger partial charge < -0.3 is 10.5 Å². The van der Waals surface area contributed by atoms with Crippen LogP contribution in [-0.4, -0.2) is 12.0 Å². The molecule has 0 amide bonds. The van der Waals surface area contributed by atoms with Crippen molar-refractivity contribution < 1.29 is 14.1 Å². The Balaban J connectivity index is 2.59. The van der Waals surface area contributed by atoms with Gasteiger partial charge >= 0.3 is 0 Å². The SMILES string of the molecule is COc1c(F)cc([N+](=O)[O-])cc1C1(N)CC1. The van der Waals surface area contributed by atoms with Crippen LogP contribution < -0.4 is 10.5 Å². The van der Waals surface area contributed by atoms with Crippen LogP contribution in [0.3, 0.4) is 0 Å². The molecule has 0 aromatic heterocycles. The Kier molecular flexibility index (Phi) is 2.31. The van der Waals surface area contributed by atoms with E-state index in [-0.39, 0.29) is 11.4 Å². The number of halogens is 1. The number of nitro benzene ring substituents is 1. The molecule has 2 rings (SSSR count). The Morgan fingerprint density at radius 3 is 2.62 bits per heavy atom. The molecule has 1 aliphatic carbocycles. The molecule has 1 saturated carbocycles. The summed E-state index contributed by atoms with van der Waals surface area (Å²) in [5, 5.41) is 10.6. The van der Waals surface area contributed by atoms with Gasteiger partial charge in [-0.3, -0.25) is 10.1 Å². The standard InChI is InChI=1S/C10H11FN2O3/c1-16-9-7(10(12)2-3-10)4-6(13(14)15)5-8(9)11/h4-5H,2-3,12H2,1H3. The third kappa shape index (κ3) is 1.61. The minimum absolute atomic E-state index is 0.00519. The highest BCUT2D eigenvalue weighted by Gasteiger charge is 2.44. The number of ether oxygens (including phenoxy) is 1. The summed E-state index contributed by atoms with van der Waals surface area (Å²) < 4.78 is 18.4. The van der Waals surface area contributed by atoms with Crippen LogP contribution in [-0.2, 0) is 5.54 Å². The zero-order chi connectivity index (χ0) is 11.9. The number of benzene rings is 1. The Morgan fingerprint density at radius 2 is 2.19 bits per heavy atom. The molecule has 86 valence electrons. The van der Waals surface area contributed by atoms with E-state index in [1.54, 1.807) is 0 Å². The lowest BCUT2D eigenvalue weighted by Gasteiger charge is -2.14. The molecule has 0 atom stereocenters. The van der Waals surface area contributed by atoms with Gasteiger partial charge in [-0.1, -0.05) is 0 Å². The van der Waals surface area contributed by atoms with Gasteiger partial charge in [0.2, 0.25) is 0 Å². The lowest BCUT2D eigenvalue weighted by molar-refractivity contribution is -0.385. The maximum atomic E-state index is 13.5. The number of nitrogens with two attached hydrogens (primary N) is 1. The van der Waals surface area contributed by atoms with E-state index in [1.165, 1.54) is 13.2 Å². The van der Waals surface area contributed by atoms with Crippen LogP contribution in [0.15, 0.2) is 12.1 Å². The molecule has 1 aromatic carbocycles. The first-order chi connectivity index (χ1) is 7.48. The summed E-state index contributed by atoms with van der Waals surface area (Å²) in [4.78, 5) is 9.97. The van der Waals surface area contributed by atoms with Gasteiger partial charge in [0.25, 0.3) is 5.69 Å². The van der Waals surface area contributed by atoms with E-state index in [9.17, 15) is 14.5 Å². The smallest absolute Gasteiger partial charge is 0.272 e. The fourth-order valence-electron chi connectivity index (χ4n) is 1.67. The predicted molar refractivity (Wildman–Crippen MR) is 54.7 cm³/mol. The number of hydrogen-bond acceptors (Lipinski definition) is 4. The minimum Gasteiger partial charge on any atom is -0.493 e. The number of hydrogen-bond donors (Lipinski definition) is 1. The molecule has 16 heavy (non-hydrogen) atoms. The summed E-state index contributed by atoms with van der Waals surface area (Å²) in [6, 6.07) is 2.13. The monoisotopic (exact) mass is 226 g/mol. The molecule has 1 aliphatic rings. The fourth-order valence-corrected chi connectivity index (χ4v) is 1.67. The van der Waals surface area contributed by atoms with E-state index in [2.05, 4.69) is 0 Å². The molecule has 0 bridgehead atoms. The third-order valence-corrected chi connectivity index (χ3v) is 2.77. The van der Waals surface area contributed by atoms with E-state index in [0.29, 0.717) is 18.4 Å². The van der Waals surface area contributed by atoms with Crippen LogP contribution in [0.1, 0.15) is 18.4 Å². The largest absolute Gasteiger partial charge is 0.493 e. The highest BCUT2D eigenvalue weighted by atomic mass is 19.1. The second-order valence-corrected chi connectivity index (χ2v) is 3.92. The molecule has 2 N–H and O–H groups in total. The van der Waals surface area contributed by atoms with Crippen molar-refractivity contribution in [2.24, 2.45) is 5.73 Å². The highest BCUT2D eigenvalue weighted by molar-refractivity contribution is 5.50. The molecule has 6 heteroatoms. The maximum Gasteiger partial charge on any atom is 0.272 e. The lowest BCUT2D eigenvalue weighted by atomic mass is 10.0. The number of nitro groups is 1. The predicted octanol–water partition coefficient (Wildman–Crippen LogP) is 1.69. The van der Waals surface area contributed by atoms with Crippen LogP contribution in [0.4, 0.5) is 10.1 Å². The normalized spacial score (nSPS) is 16.9. The number of non-ortho nitro benzene ring substituents is 1. The molecular weight excluding hydrogens is 215 g/mol. The van der Waals surface area contributed by atoms with Gasteiger partial charge in [0.05, 0.1) is 18.1 Å². The van der Waals surface area contributed by atoms with Gasteiger partial charge in [0.15, 0.2) is 11.6 Å². The lowest BCUT2D eigenvalue weighted by Crippen LogP contribution is -2.20. The van der Waals surface area contributed by atoms with Crippen molar-refractivity contribution in [3.63, 3.8) is 0 Å². The highest BCUT2D eigenvalue weighted by Crippen LogP contribution is 2.48. The van der Waals surface area contributed by atoms with Gasteiger partial charge in [0, 0.05) is 17.2 Å². The second kappa shape index (κ2) is 3.41. The molecule has 0 spiro atoms. The minimum atomic E-state index is -0.747. The maximum absolute atomic E-state index is 13.5. The molecule has 0 radical (unpaired) electrons. The van der Waals surface area contributed by atoms with Crippen molar-refractivity contribution in [1.82, 2.24) is 0 Å². The molecule has 0 unspecified atom stereocenters. The summed E-state index contributed by atoms with van der Waals surface area (Å²) in [6.45, 7) is 0. The van der Waals surface area contributed by atoms with Crippen molar-refractivity contribution in [2.75, 3.05) is 7.11 Å². The molecule has 1 aromatic rings. The summed E-state index contributed by atoms with van der Waals surface area (Å²) in [5.41, 5.74) is 5.32. The summed E-state index contributed by atoms with van der Waals surface area (Å²) in [6.07, 6.45) is 1.37. The van der Waals surface area contributed by atoms with E-state index >= 15 is 0 Å². The molecular formula is C10H11FN2O3. The zero-order valence-electron chi connectivity index (χ0n) is 8.70. The Bertz CT molecular complexity index is 458. The van der Waals surface area contributed by atoms with E-state index in [4.69, 9.17) is 10.5 Å². The van der Waals surface area contributed by atoms with Crippen molar-refractivity contribution in [2.45, 2.75) is 18.4 Å². The third-order valence-electron chi connectivity index (χ3n) is 2.77. The first kappa shape index (κ1) is 10.8. The van der Waals surface area contributed by atoms with Crippen LogP contribution in [0.2, 0.25) is 0 Å². The van der Waals surface area contributed by atoms with Gasteiger partial charge in [-0.05, 0) is 12.8 Å². The van der Waals surface area contributed by atoms with Crippen molar-refractivity contribution in [3.05, 3.63) is 33.6 Å². The summed E-state index contributed by atoms with van der Waals surface area (Å²) in [5.74, 6) is -0.742. The van der Waals surface area contributed by atoms with Gasteiger partial charge in [-0.2, -0.15) is 0 Å². The Morgan fingerprint density at radius 1 is 1.56 bits per heavy atom. The van der Waals surface area contributed by atoms with Crippen molar-refractivity contribution >= 4 is 5.69 Å². The fraction of sp³-hybridized carbons (Fsp3) is 0.400. The first-order valence-electron chi connectivity index (χ1n) is 4.79. The quantitative estimate of drug-likeness (QED) is 0.628. The molecule has 1 fully saturated rings. The topological polar surface area (TPSA) is 78.4 Å². The van der Waals surface area contributed by atoms with Crippen molar-refractivity contribution in [3.8, 4) is 5.75 Å². The molecule has 0 aliphatic heterocycles. The molecule has 5 nitrogen and oxygen atoms in total. The van der Waals surface area contributed by atoms with Gasteiger partial charge in [-0.15, -0.1) is 0 Å². The second-order valence-electron chi connectivity index (χ2n) is 3.92. The van der Waals surface area contributed by atoms with Crippen LogP contribution in [0, 0.1) is 15.9 Å². The number of rotatable bonds is 3. The van der Waals surface area contributed by atoms with E-state index in [0.717, 1.165) is 6.07 Å². The van der Waals surface area contributed by atoms with E-state index < -0.39 is 16.3 Å². The summed E-state index contributed by atoms with van der Waals surface area (Å²) in [7, 11) is 1.32. The van der Waals surface area contributed by atoms with Crippen LogP contribution in [0.25, 0.3) is 0 Å². The van der Waals surface area contributed by atoms with Crippen LogP contribution in [0.5, 0.6) is 5.75 Å². The average molecular weight is 226 g/mol. The Labute approximate surface area is 91.2 Å². The Hall–Kier alpha value is -1.69. The molecule has 0 heterocycles. The number of nitrogens with zero attached hydrogens (tertiary/aromatic N) is 1. The molecule has 0 saturated heterocycles. The summed E-state index contributed by atoms with van der Waals surface area (Å²) >= 11 is 0. The van der Waals surface area contributed by atoms with E-state index in [1.807, 2.05) is 0 Å².